The average molecular weight is 377 g/mol. The Balaban J connectivity index is 2.11. The van der Waals surface area contributed by atoms with Crippen molar-refractivity contribution in [3.8, 4) is 0 Å². The first kappa shape index (κ1) is 19.3. The van der Waals surface area contributed by atoms with Gasteiger partial charge in [0.15, 0.2) is 0 Å². The molecule has 2 aromatic carbocycles. The van der Waals surface area contributed by atoms with Gasteiger partial charge in [-0.2, -0.15) is 13.2 Å². The normalized spacial score (nSPS) is 17.9. The van der Waals surface area contributed by atoms with Crippen LogP contribution in [0.2, 0.25) is 0 Å². The number of nitrogens with zero attached hydrogens (tertiary/aromatic N) is 1. The molecule has 1 aliphatic heterocycles. The molecule has 1 aliphatic rings. The molecule has 0 fully saturated rings. The van der Waals surface area contributed by atoms with Crippen molar-refractivity contribution in [2.45, 2.75) is 31.6 Å². The van der Waals surface area contributed by atoms with E-state index in [4.69, 9.17) is 4.74 Å². The zero-order valence-corrected chi connectivity index (χ0v) is 15.2. The number of para-hydroxylation sites is 1. The Labute approximate surface area is 156 Å². The number of hydrogen-bond acceptors (Lipinski definition) is 3. The molecule has 6 heteroatoms. The third-order valence-corrected chi connectivity index (χ3v) is 4.93. The summed E-state index contributed by atoms with van der Waals surface area (Å²) in [7, 11) is 1.57. The van der Waals surface area contributed by atoms with Crippen LogP contribution in [-0.4, -0.2) is 24.9 Å². The predicted molar refractivity (Wildman–Crippen MR) is 99.3 cm³/mol. The second-order valence-electron chi connectivity index (χ2n) is 6.47. The van der Waals surface area contributed by atoms with Crippen LogP contribution in [0.15, 0.2) is 54.6 Å². The zero-order valence-electron chi connectivity index (χ0n) is 15.2. The van der Waals surface area contributed by atoms with E-state index in [-0.39, 0.29) is 18.7 Å². The highest BCUT2D eigenvalue weighted by molar-refractivity contribution is 5.78. The Morgan fingerprint density at radius 1 is 1.11 bits per heavy atom. The largest absolute Gasteiger partial charge is 0.496 e. The number of anilines is 1. The van der Waals surface area contributed by atoms with Crippen molar-refractivity contribution in [2.75, 3.05) is 18.6 Å². The van der Waals surface area contributed by atoms with E-state index in [1.54, 1.807) is 7.11 Å². The van der Waals surface area contributed by atoms with Crippen molar-refractivity contribution in [2.24, 2.45) is 0 Å². The Morgan fingerprint density at radius 2 is 1.78 bits per heavy atom. The summed E-state index contributed by atoms with van der Waals surface area (Å²) in [5.41, 5.74) is 1.82. The Kier molecular flexibility index (Phi) is 5.46. The molecule has 0 bridgehead atoms. The molecule has 1 unspecified atom stereocenters. The Morgan fingerprint density at radius 3 is 2.33 bits per heavy atom. The molecule has 2 aromatic rings. The molecule has 3 rings (SSSR count). The van der Waals surface area contributed by atoms with E-state index in [0.29, 0.717) is 17.7 Å². The highest BCUT2D eigenvalue weighted by Gasteiger charge is 2.34. The lowest BCUT2D eigenvalue weighted by atomic mass is 9.93. The summed E-state index contributed by atoms with van der Waals surface area (Å²) in [6.07, 6.45) is -1.79. The van der Waals surface area contributed by atoms with Gasteiger partial charge in [-0.25, -0.2) is 0 Å². The summed E-state index contributed by atoms with van der Waals surface area (Å²) < 4.78 is 44.3. The molecular formula is C21H22F3NO2. The van der Waals surface area contributed by atoms with Gasteiger partial charge < -0.3 is 14.7 Å². The average Bonchev–Trinajstić information content (AvgIpc) is 2.68. The van der Waals surface area contributed by atoms with Crippen molar-refractivity contribution in [1.29, 1.82) is 0 Å². The van der Waals surface area contributed by atoms with Crippen LogP contribution >= 0.6 is 0 Å². The zero-order chi connectivity index (χ0) is 19.6. The van der Waals surface area contributed by atoms with Gasteiger partial charge in [0, 0.05) is 11.3 Å². The summed E-state index contributed by atoms with van der Waals surface area (Å²) in [4.78, 5) is 2.06. The lowest BCUT2D eigenvalue weighted by Crippen LogP contribution is -2.42. The van der Waals surface area contributed by atoms with Crippen LogP contribution in [0.3, 0.4) is 0 Å². The molecular weight excluding hydrogens is 355 g/mol. The van der Waals surface area contributed by atoms with Gasteiger partial charge in [-0.3, -0.25) is 0 Å². The smallest absolute Gasteiger partial charge is 0.416 e. The summed E-state index contributed by atoms with van der Waals surface area (Å²) in [6.45, 7) is 1.92. The minimum Gasteiger partial charge on any atom is -0.496 e. The quantitative estimate of drug-likeness (QED) is 0.794. The van der Waals surface area contributed by atoms with E-state index >= 15 is 0 Å². The summed E-state index contributed by atoms with van der Waals surface area (Å²) >= 11 is 0. The van der Waals surface area contributed by atoms with Gasteiger partial charge in [-0.05, 0) is 42.3 Å². The molecule has 27 heavy (non-hydrogen) atoms. The SMILES string of the molecule is CCC(CO)N1c2ccccc2C(OC)=C[C@@H]1c1ccc(C(F)(F)F)cc1. The molecule has 0 radical (unpaired) electrons. The third kappa shape index (κ3) is 3.67. The van der Waals surface area contributed by atoms with Gasteiger partial charge in [0.05, 0.1) is 31.4 Å². The molecule has 1 heterocycles. The van der Waals surface area contributed by atoms with Crippen molar-refractivity contribution in [1.82, 2.24) is 0 Å². The van der Waals surface area contributed by atoms with Gasteiger partial charge in [0.25, 0.3) is 0 Å². The summed E-state index contributed by atoms with van der Waals surface area (Å²) in [6, 6.07) is 12.3. The van der Waals surface area contributed by atoms with Gasteiger partial charge in [-0.1, -0.05) is 31.2 Å². The van der Waals surface area contributed by atoms with E-state index in [0.717, 1.165) is 23.4 Å². The number of rotatable bonds is 5. The van der Waals surface area contributed by atoms with Crippen LogP contribution in [0, 0.1) is 0 Å². The highest BCUT2D eigenvalue weighted by atomic mass is 19.4. The topological polar surface area (TPSA) is 32.7 Å². The fraction of sp³-hybridized carbons (Fsp3) is 0.333. The van der Waals surface area contributed by atoms with E-state index in [1.165, 1.54) is 12.1 Å². The number of aliphatic hydroxyl groups excluding tert-OH is 1. The number of alkyl halides is 3. The molecule has 2 atom stereocenters. The van der Waals surface area contributed by atoms with Crippen molar-refractivity contribution in [3.05, 3.63) is 71.3 Å². The van der Waals surface area contributed by atoms with Crippen LogP contribution in [-0.2, 0) is 10.9 Å². The first-order valence-corrected chi connectivity index (χ1v) is 8.82. The first-order valence-electron chi connectivity index (χ1n) is 8.82. The maximum absolute atomic E-state index is 12.9. The molecule has 0 amide bonds. The lowest BCUT2D eigenvalue weighted by Gasteiger charge is -2.42. The number of fused-ring (bicyclic) bond motifs is 1. The number of methoxy groups -OCH3 is 1. The van der Waals surface area contributed by atoms with Gasteiger partial charge in [0.1, 0.15) is 5.76 Å². The molecule has 0 aliphatic carbocycles. The molecule has 3 nitrogen and oxygen atoms in total. The minimum absolute atomic E-state index is 0.0574. The van der Waals surface area contributed by atoms with Crippen LogP contribution in [0.1, 0.15) is 36.1 Å². The Hall–Kier alpha value is -2.47. The maximum atomic E-state index is 12.9. The standard InChI is InChI=1S/C21H22F3NO2/c1-3-16(13-26)25-18-7-5-4-6-17(18)20(27-2)12-19(25)14-8-10-15(11-9-14)21(22,23)24/h4-12,16,19,26H,3,13H2,1-2H3/t16?,19-/m1/s1. The second-order valence-corrected chi connectivity index (χ2v) is 6.47. The van der Waals surface area contributed by atoms with Crippen LogP contribution in [0.25, 0.3) is 5.76 Å². The van der Waals surface area contributed by atoms with Gasteiger partial charge in [0.2, 0.25) is 0 Å². The molecule has 0 spiro atoms. The van der Waals surface area contributed by atoms with Crippen LogP contribution in [0.5, 0.6) is 0 Å². The van der Waals surface area contributed by atoms with E-state index in [9.17, 15) is 18.3 Å². The minimum atomic E-state index is -4.37. The number of benzene rings is 2. The van der Waals surface area contributed by atoms with Crippen LogP contribution < -0.4 is 4.90 Å². The predicted octanol–water partition coefficient (Wildman–Crippen LogP) is 5.02. The van der Waals surface area contributed by atoms with Gasteiger partial charge in [-0.15, -0.1) is 0 Å². The number of ether oxygens (including phenoxy) is 1. The van der Waals surface area contributed by atoms with Gasteiger partial charge >= 0.3 is 6.18 Å². The maximum Gasteiger partial charge on any atom is 0.416 e. The first-order chi connectivity index (χ1) is 12.9. The van der Waals surface area contributed by atoms with Crippen molar-refractivity contribution in [3.63, 3.8) is 0 Å². The molecule has 0 saturated heterocycles. The molecule has 1 N–H and O–H groups in total. The van der Waals surface area contributed by atoms with Crippen molar-refractivity contribution >= 4 is 11.4 Å². The van der Waals surface area contributed by atoms with Crippen molar-refractivity contribution < 1.29 is 23.0 Å². The van der Waals surface area contributed by atoms with Crippen LogP contribution in [0.4, 0.5) is 18.9 Å². The molecule has 0 saturated carbocycles. The third-order valence-electron chi connectivity index (χ3n) is 4.93. The molecule has 144 valence electrons. The number of halogens is 3. The van der Waals surface area contributed by atoms with E-state index < -0.39 is 11.7 Å². The van der Waals surface area contributed by atoms with E-state index in [1.807, 2.05) is 37.3 Å². The summed E-state index contributed by atoms with van der Waals surface area (Å²) in [5, 5.41) is 9.90. The summed E-state index contributed by atoms with van der Waals surface area (Å²) in [5.74, 6) is 0.666. The lowest BCUT2D eigenvalue weighted by molar-refractivity contribution is -0.137. The second kappa shape index (κ2) is 7.64. The Bertz CT molecular complexity index is 811. The fourth-order valence-electron chi connectivity index (χ4n) is 3.51. The fourth-order valence-corrected chi connectivity index (χ4v) is 3.51. The van der Waals surface area contributed by atoms with E-state index in [2.05, 4.69) is 4.90 Å². The monoisotopic (exact) mass is 377 g/mol. The number of aliphatic hydroxyl groups is 1. The highest BCUT2D eigenvalue weighted by Crippen LogP contribution is 2.42. The number of hydrogen-bond donors (Lipinski definition) is 1. The molecule has 0 aromatic heterocycles.